The molecule has 0 aliphatic rings. The van der Waals surface area contributed by atoms with Gasteiger partial charge in [-0.3, -0.25) is 4.79 Å². The second-order valence-corrected chi connectivity index (χ2v) is 9.80. The molecule has 40 heavy (non-hydrogen) atoms. The second-order valence-electron chi connectivity index (χ2n) is 9.80. The maximum atomic E-state index is 14.5. The van der Waals surface area contributed by atoms with Crippen molar-refractivity contribution in [2.24, 2.45) is 5.73 Å². The van der Waals surface area contributed by atoms with Crippen LogP contribution in [0, 0.1) is 0 Å². The minimum Gasteiger partial charge on any atom is -0.497 e. The Hall–Kier alpha value is -3.67. The highest BCUT2D eigenvalue weighted by Crippen LogP contribution is 2.43. The van der Waals surface area contributed by atoms with Crippen molar-refractivity contribution in [1.82, 2.24) is 4.98 Å². The van der Waals surface area contributed by atoms with E-state index in [9.17, 15) is 23.1 Å². The van der Waals surface area contributed by atoms with E-state index in [1.165, 1.54) is 32.4 Å². The Morgan fingerprint density at radius 2 is 1.73 bits per heavy atom. The first-order valence-corrected chi connectivity index (χ1v) is 12.4. The molecular weight excluding hydrogens is 529 g/mol. The maximum absolute atomic E-state index is 14.5. The SMILES string of the molecule is COc1cccc(-c2cc(C(C)(C)N)cc(C(O)(CCC(=O)c3ccc(OCCO)c(OC)c3)C(F)(F)F)n2)c1. The lowest BCUT2D eigenvalue weighted by Crippen LogP contribution is -2.44. The minimum absolute atomic E-state index is 0.00825. The van der Waals surface area contributed by atoms with Gasteiger partial charge in [-0.15, -0.1) is 0 Å². The van der Waals surface area contributed by atoms with Gasteiger partial charge in [-0.05, 0) is 68.3 Å². The summed E-state index contributed by atoms with van der Waals surface area (Å²) in [5, 5.41) is 20.1. The van der Waals surface area contributed by atoms with Gasteiger partial charge in [-0.2, -0.15) is 13.2 Å². The molecule has 0 radical (unpaired) electrons. The predicted molar refractivity (Wildman–Crippen MR) is 143 cm³/mol. The number of aliphatic hydroxyl groups excluding tert-OH is 1. The van der Waals surface area contributed by atoms with Crippen molar-refractivity contribution in [3.05, 3.63) is 71.4 Å². The molecule has 0 saturated carbocycles. The van der Waals surface area contributed by atoms with Crippen LogP contribution in [0.4, 0.5) is 13.2 Å². The highest BCUT2D eigenvalue weighted by Gasteiger charge is 2.56. The number of alkyl halides is 3. The number of halogens is 3. The highest BCUT2D eigenvalue weighted by atomic mass is 19.4. The summed E-state index contributed by atoms with van der Waals surface area (Å²) in [4.78, 5) is 17.2. The first-order valence-electron chi connectivity index (χ1n) is 12.4. The number of pyridine rings is 1. The Morgan fingerprint density at radius 1 is 1.00 bits per heavy atom. The number of rotatable bonds is 12. The van der Waals surface area contributed by atoms with Crippen molar-refractivity contribution >= 4 is 5.78 Å². The fraction of sp³-hybridized carbons (Fsp3) is 0.379. The van der Waals surface area contributed by atoms with E-state index in [4.69, 9.17) is 25.1 Å². The van der Waals surface area contributed by atoms with Crippen LogP contribution in [0.3, 0.4) is 0 Å². The molecule has 1 aromatic heterocycles. The quantitative estimate of drug-likeness (QED) is 0.271. The zero-order valence-electron chi connectivity index (χ0n) is 22.7. The Balaban J connectivity index is 2.02. The van der Waals surface area contributed by atoms with E-state index in [-0.39, 0.29) is 36.0 Å². The number of carbonyl (C=O) groups is 1. The van der Waals surface area contributed by atoms with E-state index in [2.05, 4.69) is 4.98 Å². The second kappa shape index (κ2) is 12.2. The molecule has 3 aromatic rings. The third kappa shape index (κ3) is 6.90. The van der Waals surface area contributed by atoms with Crippen LogP contribution >= 0.6 is 0 Å². The topological polar surface area (TPSA) is 124 Å². The van der Waals surface area contributed by atoms with Gasteiger partial charge in [0.25, 0.3) is 0 Å². The van der Waals surface area contributed by atoms with Crippen molar-refractivity contribution < 1.29 is 42.4 Å². The fourth-order valence-electron chi connectivity index (χ4n) is 4.01. The van der Waals surface area contributed by atoms with Crippen LogP contribution in [0.1, 0.15) is 48.3 Å². The summed E-state index contributed by atoms with van der Waals surface area (Å²) in [6.07, 6.45) is -6.80. The van der Waals surface area contributed by atoms with Crippen molar-refractivity contribution in [1.29, 1.82) is 0 Å². The normalized spacial score (nSPS) is 13.4. The number of aliphatic hydroxyl groups is 2. The smallest absolute Gasteiger partial charge is 0.422 e. The van der Waals surface area contributed by atoms with Gasteiger partial charge in [0.15, 0.2) is 17.3 Å². The molecule has 2 aromatic carbocycles. The standard InChI is InChI=1S/C29H33F3N2O6/c1-27(2,33)20-16-22(18-6-5-7-21(14-18)38-3)34-26(17-20)28(37,29(30,31)32)11-10-23(36)19-8-9-24(40-13-12-35)25(15-19)39-4/h5-9,14-17,35,37H,10-13,33H2,1-4H3. The first-order chi connectivity index (χ1) is 18.7. The van der Waals surface area contributed by atoms with Crippen LogP contribution in [-0.2, 0) is 11.1 Å². The third-order valence-corrected chi connectivity index (χ3v) is 6.38. The Morgan fingerprint density at radius 3 is 2.33 bits per heavy atom. The summed E-state index contributed by atoms with van der Waals surface area (Å²) in [6, 6.07) is 13.4. The monoisotopic (exact) mass is 562 g/mol. The molecule has 0 spiro atoms. The van der Waals surface area contributed by atoms with Crippen molar-refractivity contribution in [2.75, 3.05) is 27.4 Å². The molecule has 0 bridgehead atoms. The molecular formula is C29H33F3N2O6. The molecule has 1 atom stereocenters. The van der Waals surface area contributed by atoms with Gasteiger partial charge in [-0.25, -0.2) is 4.98 Å². The molecule has 8 nitrogen and oxygen atoms in total. The average Bonchev–Trinajstić information content (AvgIpc) is 2.93. The summed E-state index contributed by atoms with van der Waals surface area (Å²) in [6.45, 7) is 3.00. The third-order valence-electron chi connectivity index (χ3n) is 6.38. The molecule has 0 fully saturated rings. The van der Waals surface area contributed by atoms with E-state index in [1.54, 1.807) is 44.2 Å². The number of carbonyl (C=O) groups excluding carboxylic acids is 1. The van der Waals surface area contributed by atoms with Crippen LogP contribution in [0.25, 0.3) is 11.3 Å². The lowest BCUT2D eigenvalue weighted by molar-refractivity contribution is -0.270. The number of nitrogens with two attached hydrogens (primary N) is 1. The summed E-state index contributed by atoms with van der Waals surface area (Å²) < 4.78 is 59.3. The Labute approximate surface area is 230 Å². The number of methoxy groups -OCH3 is 2. The zero-order valence-corrected chi connectivity index (χ0v) is 22.7. The van der Waals surface area contributed by atoms with Crippen LogP contribution in [0.5, 0.6) is 17.2 Å². The molecule has 3 rings (SSSR count). The molecule has 0 saturated heterocycles. The van der Waals surface area contributed by atoms with Crippen molar-refractivity contribution in [3.8, 4) is 28.5 Å². The van der Waals surface area contributed by atoms with Gasteiger partial charge in [0.1, 0.15) is 12.4 Å². The molecule has 0 aliphatic carbocycles. The molecule has 1 unspecified atom stereocenters. The van der Waals surface area contributed by atoms with E-state index in [0.717, 1.165) is 6.07 Å². The van der Waals surface area contributed by atoms with Crippen molar-refractivity contribution in [2.45, 2.75) is 44.0 Å². The molecule has 11 heteroatoms. The van der Waals surface area contributed by atoms with Gasteiger partial charge >= 0.3 is 6.18 Å². The number of aromatic nitrogens is 1. The van der Waals surface area contributed by atoms with Gasteiger partial charge in [0.2, 0.25) is 5.60 Å². The molecule has 216 valence electrons. The highest BCUT2D eigenvalue weighted by molar-refractivity contribution is 5.96. The Kier molecular flexibility index (Phi) is 9.44. The van der Waals surface area contributed by atoms with Crippen LogP contribution in [-0.4, -0.2) is 54.6 Å². The summed E-state index contributed by atoms with van der Waals surface area (Å²) >= 11 is 0. The van der Waals surface area contributed by atoms with E-state index >= 15 is 0 Å². The number of Topliss-reactive ketones (excluding diaryl/α,β-unsaturated/α-hetero) is 1. The number of hydrogen-bond acceptors (Lipinski definition) is 8. The summed E-state index contributed by atoms with van der Waals surface area (Å²) in [7, 11) is 2.80. The summed E-state index contributed by atoms with van der Waals surface area (Å²) in [5.41, 5.74) is 2.05. The number of nitrogens with zero attached hydrogens (tertiary/aromatic N) is 1. The number of ether oxygens (including phenoxy) is 3. The zero-order chi connectivity index (χ0) is 29.7. The summed E-state index contributed by atoms with van der Waals surface area (Å²) in [5.74, 6) is 0.249. The minimum atomic E-state index is -5.16. The molecule has 0 amide bonds. The fourth-order valence-corrected chi connectivity index (χ4v) is 4.01. The lowest BCUT2D eigenvalue weighted by atomic mass is 9.86. The van der Waals surface area contributed by atoms with E-state index < -0.39 is 41.6 Å². The van der Waals surface area contributed by atoms with Gasteiger partial charge < -0.3 is 30.2 Å². The van der Waals surface area contributed by atoms with Gasteiger partial charge in [0.05, 0.1) is 32.2 Å². The Bertz CT molecular complexity index is 1340. The number of hydrogen-bond donors (Lipinski definition) is 3. The largest absolute Gasteiger partial charge is 0.497 e. The van der Waals surface area contributed by atoms with Crippen LogP contribution < -0.4 is 19.9 Å². The number of benzene rings is 2. The van der Waals surface area contributed by atoms with E-state index in [0.29, 0.717) is 16.9 Å². The molecule has 0 aliphatic heterocycles. The van der Waals surface area contributed by atoms with Crippen LogP contribution in [0.15, 0.2) is 54.6 Å². The maximum Gasteiger partial charge on any atom is 0.422 e. The van der Waals surface area contributed by atoms with E-state index in [1.807, 2.05) is 0 Å². The van der Waals surface area contributed by atoms with Crippen molar-refractivity contribution in [3.63, 3.8) is 0 Å². The van der Waals surface area contributed by atoms with Crippen LogP contribution in [0.2, 0.25) is 0 Å². The molecule has 1 heterocycles. The van der Waals surface area contributed by atoms with Gasteiger partial charge in [0, 0.05) is 23.1 Å². The first kappa shape index (κ1) is 30.9. The number of ketones is 1. The average molecular weight is 563 g/mol. The molecule has 4 N–H and O–H groups in total. The lowest BCUT2D eigenvalue weighted by Gasteiger charge is -2.32. The predicted octanol–water partition coefficient (Wildman–Crippen LogP) is 4.74. The van der Waals surface area contributed by atoms with Gasteiger partial charge in [-0.1, -0.05) is 12.1 Å².